The number of piperidine rings is 1. The summed E-state index contributed by atoms with van der Waals surface area (Å²) in [5.74, 6) is 0.736. The van der Waals surface area contributed by atoms with Gasteiger partial charge in [-0.1, -0.05) is 55.5 Å². The van der Waals surface area contributed by atoms with Gasteiger partial charge in [0.2, 0.25) is 0 Å². The molecule has 1 aliphatic rings. The van der Waals surface area contributed by atoms with E-state index in [2.05, 4.69) is 41.4 Å². The number of para-hydroxylation sites is 1. The molecule has 0 amide bonds. The van der Waals surface area contributed by atoms with Crippen LogP contribution in [0.2, 0.25) is 0 Å². The molecule has 3 heteroatoms. The molecule has 0 spiro atoms. The first-order valence-corrected chi connectivity index (χ1v) is 8.34. The van der Waals surface area contributed by atoms with Gasteiger partial charge >= 0.3 is 0 Å². The van der Waals surface area contributed by atoms with Gasteiger partial charge in [-0.25, -0.2) is 0 Å². The van der Waals surface area contributed by atoms with Crippen molar-refractivity contribution in [3.8, 4) is 0 Å². The number of ketones is 1. The van der Waals surface area contributed by atoms with Crippen LogP contribution in [0, 0.1) is 5.92 Å². The monoisotopic (exact) mass is 308 g/mol. The molecule has 1 aliphatic heterocycles. The highest BCUT2D eigenvalue weighted by Crippen LogP contribution is 2.21. The fourth-order valence-electron chi connectivity index (χ4n) is 3.26. The third-order valence-electron chi connectivity index (χ3n) is 4.58. The van der Waals surface area contributed by atoms with Gasteiger partial charge < -0.3 is 5.32 Å². The van der Waals surface area contributed by atoms with Gasteiger partial charge in [-0.05, 0) is 24.5 Å². The number of nitrogens with one attached hydrogen (secondary N) is 1. The second kappa shape index (κ2) is 7.42. The number of carbonyl (C=O) groups is 1. The van der Waals surface area contributed by atoms with E-state index in [1.165, 1.54) is 5.69 Å². The summed E-state index contributed by atoms with van der Waals surface area (Å²) >= 11 is 0. The predicted octanol–water partition coefficient (Wildman–Crippen LogP) is 3.69. The molecule has 3 nitrogen and oxygen atoms in total. The standard InChI is InChI=1S/C20H24N2O/c1-16-14-22(15-20(23)17-8-4-2-5-9-17)13-12-19(16)21-18-10-6-3-7-11-18/h2-11,16,19,21H,12-15H2,1H3/t16-,19+/m0/s1. The van der Waals surface area contributed by atoms with Crippen molar-refractivity contribution in [2.45, 2.75) is 19.4 Å². The first kappa shape index (κ1) is 15.8. The van der Waals surface area contributed by atoms with Crippen LogP contribution in [0.3, 0.4) is 0 Å². The Kier molecular flexibility index (Phi) is 5.09. The zero-order chi connectivity index (χ0) is 16.1. The molecule has 0 aromatic heterocycles. The van der Waals surface area contributed by atoms with Crippen molar-refractivity contribution < 1.29 is 4.79 Å². The summed E-state index contributed by atoms with van der Waals surface area (Å²) in [7, 11) is 0. The number of benzene rings is 2. The normalized spacial score (nSPS) is 21.8. The number of hydrogen-bond acceptors (Lipinski definition) is 3. The van der Waals surface area contributed by atoms with Crippen LogP contribution in [0.5, 0.6) is 0 Å². The summed E-state index contributed by atoms with van der Waals surface area (Å²) in [5, 5.41) is 3.62. The van der Waals surface area contributed by atoms with Crippen LogP contribution < -0.4 is 5.32 Å². The lowest BCUT2D eigenvalue weighted by atomic mass is 9.93. The number of Topliss-reactive ketones (excluding diaryl/α,β-unsaturated/α-hetero) is 1. The summed E-state index contributed by atoms with van der Waals surface area (Å²) in [5.41, 5.74) is 1.99. The van der Waals surface area contributed by atoms with E-state index in [0.717, 1.165) is 25.1 Å². The van der Waals surface area contributed by atoms with Gasteiger partial charge in [0.25, 0.3) is 0 Å². The van der Waals surface area contributed by atoms with Gasteiger partial charge in [0.05, 0.1) is 6.54 Å². The van der Waals surface area contributed by atoms with Crippen molar-refractivity contribution in [1.29, 1.82) is 0 Å². The third kappa shape index (κ3) is 4.20. The molecular formula is C20H24N2O. The van der Waals surface area contributed by atoms with E-state index in [9.17, 15) is 4.79 Å². The number of nitrogens with zero attached hydrogens (tertiary/aromatic N) is 1. The van der Waals surface area contributed by atoms with E-state index < -0.39 is 0 Å². The van der Waals surface area contributed by atoms with E-state index in [4.69, 9.17) is 0 Å². The molecule has 1 heterocycles. The lowest BCUT2D eigenvalue weighted by molar-refractivity contribution is 0.0884. The van der Waals surface area contributed by atoms with Crippen LogP contribution >= 0.6 is 0 Å². The van der Waals surface area contributed by atoms with Crippen LogP contribution in [0.1, 0.15) is 23.7 Å². The molecule has 3 rings (SSSR count). The van der Waals surface area contributed by atoms with Crippen molar-refractivity contribution in [1.82, 2.24) is 4.90 Å². The van der Waals surface area contributed by atoms with Gasteiger partial charge in [0.1, 0.15) is 0 Å². The summed E-state index contributed by atoms with van der Waals surface area (Å²) in [6.45, 7) is 4.71. The van der Waals surface area contributed by atoms with Gasteiger partial charge in [0, 0.05) is 30.4 Å². The van der Waals surface area contributed by atoms with E-state index in [-0.39, 0.29) is 5.78 Å². The second-order valence-electron chi connectivity index (χ2n) is 6.41. The van der Waals surface area contributed by atoms with Crippen LogP contribution in [0.4, 0.5) is 5.69 Å². The van der Waals surface area contributed by atoms with Crippen molar-refractivity contribution in [3.63, 3.8) is 0 Å². The molecule has 1 fully saturated rings. The maximum Gasteiger partial charge on any atom is 0.176 e. The SMILES string of the molecule is C[C@H]1CN(CC(=O)c2ccccc2)CC[C@H]1Nc1ccccc1. The minimum atomic E-state index is 0.215. The Morgan fingerprint density at radius 2 is 1.74 bits per heavy atom. The number of hydrogen-bond donors (Lipinski definition) is 1. The van der Waals surface area contributed by atoms with Crippen molar-refractivity contribution in [3.05, 3.63) is 66.2 Å². The Morgan fingerprint density at radius 3 is 2.39 bits per heavy atom. The molecule has 2 atom stereocenters. The molecule has 1 N–H and O–H groups in total. The van der Waals surface area contributed by atoms with Gasteiger partial charge in [0.15, 0.2) is 5.78 Å². The smallest absolute Gasteiger partial charge is 0.176 e. The highest BCUT2D eigenvalue weighted by Gasteiger charge is 2.27. The minimum absolute atomic E-state index is 0.215. The summed E-state index contributed by atoms with van der Waals surface area (Å²) in [6.07, 6.45) is 1.07. The zero-order valence-corrected chi connectivity index (χ0v) is 13.6. The minimum Gasteiger partial charge on any atom is -0.382 e. The summed E-state index contributed by atoms with van der Waals surface area (Å²) in [6, 6.07) is 20.4. The Bertz CT molecular complexity index is 627. The van der Waals surface area contributed by atoms with Crippen LogP contribution in [0.25, 0.3) is 0 Å². The van der Waals surface area contributed by atoms with Crippen molar-refractivity contribution in [2.24, 2.45) is 5.92 Å². The first-order chi connectivity index (χ1) is 11.2. The van der Waals surface area contributed by atoms with Crippen molar-refractivity contribution >= 4 is 11.5 Å². The highest BCUT2D eigenvalue weighted by molar-refractivity contribution is 5.97. The Morgan fingerprint density at radius 1 is 1.09 bits per heavy atom. The average Bonchev–Trinajstić information content (AvgIpc) is 2.59. The molecule has 0 bridgehead atoms. The predicted molar refractivity (Wildman–Crippen MR) is 94.8 cm³/mol. The number of rotatable bonds is 5. The lowest BCUT2D eigenvalue weighted by Gasteiger charge is -2.37. The first-order valence-electron chi connectivity index (χ1n) is 8.34. The molecule has 1 saturated heterocycles. The fourth-order valence-corrected chi connectivity index (χ4v) is 3.26. The average molecular weight is 308 g/mol. The summed E-state index contributed by atoms with van der Waals surface area (Å²) in [4.78, 5) is 14.6. The van der Waals surface area contributed by atoms with Gasteiger partial charge in [-0.3, -0.25) is 9.69 Å². The van der Waals surface area contributed by atoms with Crippen LogP contribution in [-0.4, -0.2) is 36.4 Å². The lowest BCUT2D eigenvalue weighted by Crippen LogP contribution is -2.46. The van der Waals surface area contributed by atoms with Gasteiger partial charge in [-0.15, -0.1) is 0 Å². The second-order valence-corrected chi connectivity index (χ2v) is 6.41. The highest BCUT2D eigenvalue weighted by atomic mass is 16.1. The van der Waals surface area contributed by atoms with E-state index in [1.54, 1.807) is 0 Å². The molecule has 0 saturated carbocycles. The van der Waals surface area contributed by atoms with Crippen LogP contribution in [0.15, 0.2) is 60.7 Å². The summed E-state index contributed by atoms with van der Waals surface area (Å²) < 4.78 is 0. The number of anilines is 1. The largest absolute Gasteiger partial charge is 0.382 e. The maximum atomic E-state index is 12.3. The number of likely N-dealkylation sites (tertiary alicyclic amines) is 1. The molecule has 0 radical (unpaired) electrons. The number of carbonyl (C=O) groups excluding carboxylic acids is 1. The Balaban J connectivity index is 1.53. The third-order valence-corrected chi connectivity index (χ3v) is 4.58. The van der Waals surface area contributed by atoms with Crippen molar-refractivity contribution in [2.75, 3.05) is 25.0 Å². The molecular weight excluding hydrogens is 284 g/mol. The van der Waals surface area contributed by atoms with Crippen LogP contribution in [-0.2, 0) is 0 Å². The van der Waals surface area contributed by atoms with E-state index >= 15 is 0 Å². The Hall–Kier alpha value is -2.13. The fraction of sp³-hybridized carbons (Fsp3) is 0.350. The molecule has 120 valence electrons. The maximum absolute atomic E-state index is 12.3. The van der Waals surface area contributed by atoms with Gasteiger partial charge in [-0.2, -0.15) is 0 Å². The molecule has 2 aromatic carbocycles. The van der Waals surface area contributed by atoms with E-state index in [0.29, 0.717) is 18.5 Å². The Labute approximate surface area is 138 Å². The molecule has 23 heavy (non-hydrogen) atoms. The quantitative estimate of drug-likeness (QED) is 0.855. The topological polar surface area (TPSA) is 32.3 Å². The zero-order valence-electron chi connectivity index (χ0n) is 13.6. The molecule has 0 aliphatic carbocycles. The van der Waals surface area contributed by atoms with E-state index in [1.807, 2.05) is 36.4 Å². The molecule has 0 unspecified atom stereocenters. The molecule has 2 aromatic rings.